The van der Waals surface area contributed by atoms with Crippen LogP contribution in [0.5, 0.6) is 5.75 Å². The lowest BCUT2D eigenvalue weighted by molar-refractivity contribution is -0.148. The lowest BCUT2D eigenvalue weighted by Gasteiger charge is -2.35. The zero-order chi connectivity index (χ0) is 22.3. The van der Waals surface area contributed by atoms with Crippen LogP contribution in [0.3, 0.4) is 0 Å². The number of carbonyl (C=O) groups excluding carboxylic acids is 1. The first-order valence-corrected chi connectivity index (χ1v) is 10.3. The number of pyridine rings is 1. The van der Waals surface area contributed by atoms with Crippen molar-refractivity contribution in [3.8, 4) is 5.75 Å². The second-order valence-electron chi connectivity index (χ2n) is 7.89. The van der Waals surface area contributed by atoms with E-state index in [4.69, 9.17) is 14.2 Å². The van der Waals surface area contributed by atoms with Crippen LogP contribution in [0.15, 0.2) is 17.1 Å². The van der Waals surface area contributed by atoms with E-state index in [1.165, 1.54) is 13.3 Å². The molecule has 1 aliphatic heterocycles. The lowest BCUT2D eigenvalue weighted by Crippen LogP contribution is -2.42. The number of benzene rings is 1. The minimum Gasteiger partial charge on any atom is -0.494 e. The average Bonchev–Trinajstić information content (AvgIpc) is 3.59. The first kappa shape index (κ1) is 21.3. The number of aromatic nitrogens is 1. The normalized spacial score (nSPS) is 18.0. The molecule has 9 heteroatoms. The molecule has 2 aromatic rings. The molecule has 1 aliphatic carbocycles. The SMILES string of the molecule is CCOC(=O)c1cn(C2CC2)c2c(OC)c(C3(C(=O)O)CCOCC3)c(F)cc2c1=O. The number of carboxylic acids is 1. The number of esters is 1. The molecular formula is C22H24FNO7. The molecule has 31 heavy (non-hydrogen) atoms. The number of carboxylic acid groups (broad SMARTS) is 1. The van der Waals surface area contributed by atoms with E-state index < -0.39 is 28.6 Å². The van der Waals surface area contributed by atoms with Crippen LogP contribution in [0.25, 0.3) is 10.9 Å². The molecule has 0 radical (unpaired) electrons. The van der Waals surface area contributed by atoms with Gasteiger partial charge in [0.15, 0.2) is 5.75 Å². The summed E-state index contributed by atoms with van der Waals surface area (Å²) >= 11 is 0. The summed E-state index contributed by atoms with van der Waals surface area (Å²) in [4.78, 5) is 37.8. The number of nitrogens with zero attached hydrogens (tertiary/aromatic N) is 1. The number of hydrogen-bond acceptors (Lipinski definition) is 6. The number of carbonyl (C=O) groups is 2. The van der Waals surface area contributed by atoms with Crippen LogP contribution in [0.1, 0.15) is 54.6 Å². The molecule has 1 aromatic heterocycles. The first-order valence-electron chi connectivity index (χ1n) is 10.3. The van der Waals surface area contributed by atoms with Crippen molar-refractivity contribution in [2.75, 3.05) is 26.9 Å². The highest BCUT2D eigenvalue weighted by Gasteiger charge is 2.47. The molecule has 0 spiro atoms. The fraction of sp³-hybridized carbons (Fsp3) is 0.500. The van der Waals surface area contributed by atoms with Crippen LogP contribution in [-0.4, -0.2) is 48.5 Å². The maximum atomic E-state index is 15.5. The zero-order valence-electron chi connectivity index (χ0n) is 17.4. The summed E-state index contributed by atoms with van der Waals surface area (Å²) in [5.74, 6) is -2.79. The van der Waals surface area contributed by atoms with Crippen LogP contribution in [0.2, 0.25) is 0 Å². The fourth-order valence-electron chi connectivity index (χ4n) is 4.38. The van der Waals surface area contributed by atoms with E-state index in [0.717, 1.165) is 18.9 Å². The molecule has 1 aromatic carbocycles. The van der Waals surface area contributed by atoms with Crippen LogP contribution in [0.4, 0.5) is 4.39 Å². The van der Waals surface area contributed by atoms with Gasteiger partial charge in [-0.1, -0.05) is 0 Å². The minimum absolute atomic E-state index is 0.000968. The van der Waals surface area contributed by atoms with Crippen molar-refractivity contribution in [2.45, 2.75) is 44.1 Å². The summed E-state index contributed by atoms with van der Waals surface area (Å²) in [6.45, 7) is 2.07. The van der Waals surface area contributed by atoms with Gasteiger partial charge in [0, 0.05) is 31.0 Å². The summed E-state index contributed by atoms with van der Waals surface area (Å²) in [6, 6.07) is 1.02. The van der Waals surface area contributed by atoms with Crippen LogP contribution in [0, 0.1) is 5.82 Å². The van der Waals surface area contributed by atoms with E-state index in [1.807, 2.05) is 0 Å². The molecule has 0 bridgehead atoms. The van der Waals surface area contributed by atoms with Crippen molar-refractivity contribution in [2.24, 2.45) is 0 Å². The summed E-state index contributed by atoms with van der Waals surface area (Å²) < 4.78 is 33.1. The highest BCUT2D eigenvalue weighted by molar-refractivity contribution is 5.97. The molecule has 1 N–H and O–H groups in total. The van der Waals surface area contributed by atoms with Crippen LogP contribution in [-0.2, 0) is 19.7 Å². The van der Waals surface area contributed by atoms with Crippen molar-refractivity contribution in [1.29, 1.82) is 0 Å². The van der Waals surface area contributed by atoms with Crippen molar-refractivity contribution < 1.29 is 33.3 Å². The van der Waals surface area contributed by atoms with Crippen molar-refractivity contribution in [1.82, 2.24) is 4.57 Å². The van der Waals surface area contributed by atoms with Gasteiger partial charge < -0.3 is 23.9 Å². The molecule has 0 unspecified atom stereocenters. The monoisotopic (exact) mass is 433 g/mol. The maximum absolute atomic E-state index is 15.5. The smallest absolute Gasteiger partial charge is 0.343 e. The molecule has 166 valence electrons. The Kier molecular flexibility index (Phi) is 5.47. The second kappa shape index (κ2) is 7.96. The van der Waals surface area contributed by atoms with Gasteiger partial charge in [-0.15, -0.1) is 0 Å². The molecular weight excluding hydrogens is 409 g/mol. The topological polar surface area (TPSA) is 104 Å². The molecule has 2 aliphatic rings. The van der Waals surface area contributed by atoms with Crippen LogP contribution < -0.4 is 10.2 Å². The van der Waals surface area contributed by atoms with Gasteiger partial charge >= 0.3 is 11.9 Å². The largest absolute Gasteiger partial charge is 0.494 e. The van der Waals surface area contributed by atoms with Crippen molar-refractivity contribution in [3.05, 3.63) is 39.4 Å². The van der Waals surface area contributed by atoms with Gasteiger partial charge in [-0.05, 0) is 38.7 Å². The predicted octanol–water partition coefficient (Wildman–Crippen LogP) is 2.79. The lowest BCUT2D eigenvalue weighted by atomic mass is 9.73. The third-order valence-corrected chi connectivity index (χ3v) is 6.10. The number of fused-ring (bicyclic) bond motifs is 1. The van der Waals surface area contributed by atoms with Crippen LogP contribution >= 0.6 is 0 Å². The maximum Gasteiger partial charge on any atom is 0.343 e. The Morgan fingerprint density at radius 1 is 1.32 bits per heavy atom. The number of rotatable bonds is 6. The average molecular weight is 433 g/mol. The van der Waals surface area contributed by atoms with Gasteiger partial charge in [0.25, 0.3) is 0 Å². The number of methoxy groups -OCH3 is 1. The second-order valence-corrected chi connectivity index (χ2v) is 7.89. The molecule has 2 heterocycles. The van der Waals surface area contributed by atoms with E-state index >= 15 is 4.39 Å². The Balaban J connectivity index is 2.08. The van der Waals surface area contributed by atoms with E-state index in [2.05, 4.69) is 0 Å². The third-order valence-electron chi connectivity index (χ3n) is 6.10. The fourth-order valence-corrected chi connectivity index (χ4v) is 4.38. The van der Waals surface area contributed by atoms with E-state index in [-0.39, 0.29) is 61.0 Å². The Labute approximate surface area is 177 Å². The molecule has 2 fully saturated rings. The Bertz CT molecular complexity index is 1110. The molecule has 1 saturated heterocycles. The molecule has 1 saturated carbocycles. The Morgan fingerprint density at radius 2 is 2.00 bits per heavy atom. The highest BCUT2D eigenvalue weighted by atomic mass is 19.1. The van der Waals surface area contributed by atoms with Gasteiger partial charge in [-0.3, -0.25) is 9.59 Å². The van der Waals surface area contributed by atoms with Gasteiger partial charge in [-0.2, -0.15) is 0 Å². The number of ether oxygens (including phenoxy) is 3. The molecule has 0 atom stereocenters. The van der Waals surface area contributed by atoms with Gasteiger partial charge in [0.2, 0.25) is 5.43 Å². The number of hydrogen-bond donors (Lipinski definition) is 1. The number of halogens is 1. The first-order chi connectivity index (χ1) is 14.9. The quantitative estimate of drug-likeness (QED) is 0.699. The molecule has 8 nitrogen and oxygen atoms in total. The zero-order valence-corrected chi connectivity index (χ0v) is 17.4. The van der Waals surface area contributed by atoms with Gasteiger partial charge in [-0.25, -0.2) is 9.18 Å². The summed E-state index contributed by atoms with van der Waals surface area (Å²) in [6.07, 6.45) is 3.20. The van der Waals surface area contributed by atoms with Crippen molar-refractivity contribution >= 4 is 22.8 Å². The van der Waals surface area contributed by atoms with Gasteiger partial charge in [0.05, 0.1) is 24.6 Å². The Hall–Kier alpha value is -2.94. The predicted molar refractivity (Wildman–Crippen MR) is 108 cm³/mol. The van der Waals surface area contributed by atoms with Crippen molar-refractivity contribution in [3.63, 3.8) is 0 Å². The molecule has 4 rings (SSSR count). The van der Waals surface area contributed by atoms with E-state index in [0.29, 0.717) is 5.52 Å². The summed E-state index contributed by atoms with van der Waals surface area (Å²) in [5.41, 5.74) is -2.19. The molecule has 0 amide bonds. The summed E-state index contributed by atoms with van der Waals surface area (Å²) in [7, 11) is 1.33. The highest BCUT2D eigenvalue weighted by Crippen LogP contribution is 2.47. The third kappa shape index (κ3) is 3.37. The van der Waals surface area contributed by atoms with E-state index in [9.17, 15) is 19.5 Å². The van der Waals surface area contributed by atoms with E-state index in [1.54, 1.807) is 11.5 Å². The number of aliphatic carboxylic acids is 1. The van der Waals surface area contributed by atoms with Gasteiger partial charge in [0.1, 0.15) is 16.8 Å². The summed E-state index contributed by atoms with van der Waals surface area (Å²) in [5, 5.41) is 10.0. The Morgan fingerprint density at radius 3 is 2.55 bits per heavy atom. The standard InChI is InChI=1S/C22H24FNO7/c1-3-31-20(26)14-11-24(12-4-5-12)17-13(18(14)25)10-15(23)16(19(17)29-2)22(21(27)28)6-8-30-9-7-22/h10-12H,3-9H2,1-2H3,(H,27,28). The minimum atomic E-state index is -1.54.